The molecule has 3 N–H and O–H groups in total. The molecule has 2 bridgehead atoms. The van der Waals surface area contributed by atoms with Crippen molar-refractivity contribution in [3.05, 3.63) is 62.2 Å². The Labute approximate surface area is 219 Å². The van der Waals surface area contributed by atoms with Gasteiger partial charge in [-0.15, -0.1) is 0 Å². The van der Waals surface area contributed by atoms with Crippen molar-refractivity contribution >= 4 is 35.0 Å². The lowest BCUT2D eigenvalue weighted by molar-refractivity contribution is -0.153. The SMILES string of the molecule is CC(=O)OC1C2C(=O)c3c(C)cc(O)c4c3C1(COC4=O)C1=C2c2c(C)cc(O)c3c2C(O)(COC3=O)C1=O. The first-order chi connectivity index (χ1) is 18.4. The number of benzene rings is 2. The van der Waals surface area contributed by atoms with Crippen LogP contribution in [0.4, 0.5) is 0 Å². The van der Waals surface area contributed by atoms with E-state index in [1.54, 1.807) is 13.8 Å². The smallest absolute Gasteiger partial charge is 0.342 e. The van der Waals surface area contributed by atoms with E-state index in [4.69, 9.17) is 14.2 Å². The number of aryl methyl sites for hydroxylation is 2. The number of ether oxygens (including phenoxy) is 3. The largest absolute Gasteiger partial charge is 0.507 e. The summed E-state index contributed by atoms with van der Waals surface area (Å²) < 4.78 is 16.3. The molecule has 0 radical (unpaired) electrons. The summed E-state index contributed by atoms with van der Waals surface area (Å²) in [6, 6.07) is 2.52. The summed E-state index contributed by atoms with van der Waals surface area (Å²) in [5.74, 6) is -6.43. The predicted octanol–water partition coefficient (Wildman–Crippen LogP) is 1.28. The molecule has 5 aliphatic rings. The standard InChI is InChI=1S/C28H20O11/c1-8-4-12(31)16-20-13(8)17-18-22(32)14-9(2)5-11(30)15-19(14)27(6-37-25(15)34,24(18)39-10(3)29)21(17)23(33)28(20,36)7-38-26(16)35/h4-5,18,24,30-31,36H,6-7H2,1-3H3. The van der Waals surface area contributed by atoms with Crippen LogP contribution in [-0.4, -0.2) is 64.1 Å². The number of aromatic hydroxyl groups is 2. The molecular weight excluding hydrogens is 512 g/mol. The number of cyclic esters (lactones) is 2. The number of ketones is 2. The number of hydrogen-bond donors (Lipinski definition) is 3. The average Bonchev–Trinajstić information content (AvgIpc) is 3.06. The fourth-order valence-electron chi connectivity index (χ4n) is 7.33. The van der Waals surface area contributed by atoms with Crippen LogP contribution in [0.3, 0.4) is 0 Å². The number of rotatable bonds is 1. The first-order valence-corrected chi connectivity index (χ1v) is 12.2. The summed E-state index contributed by atoms with van der Waals surface area (Å²) in [4.78, 5) is 66.8. The first-order valence-electron chi connectivity index (χ1n) is 12.2. The summed E-state index contributed by atoms with van der Waals surface area (Å²) in [7, 11) is 0. The topological polar surface area (TPSA) is 174 Å². The van der Waals surface area contributed by atoms with Crippen molar-refractivity contribution in [1.82, 2.24) is 0 Å². The first kappa shape index (κ1) is 23.6. The highest BCUT2D eigenvalue weighted by atomic mass is 16.6. The van der Waals surface area contributed by atoms with Gasteiger partial charge in [0.25, 0.3) is 0 Å². The Bertz CT molecular complexity index is 1710. The highest BCUT2D eigenvalue weighted by Gasteiger charge is 2.72. The van der Waals surface area contributed by atoms with E-state index in [9.17, 15) is 39.3 Å². The van der Waals surface area contributed by atoms with Gasteiger partial charge >= 0.3 is 17.9 Å². The molecule has 0 saturated carbocycles. The Morgan fingerprint density at radius 3 is 2.08 bits per heavy atom. The third-order valence-corrected chi connectivity index (χ3v) is 8.63. The van der Waals surface area contributed by atoms with Crippen LogP contribution in [-0.2, 0) is 34.8 Å². The van der Waals surface area contributed by atoms with E-state index in [0.717, 1.165) is 6.92 Å². The van der Waals surface area contributed by atoms with Gasteiger partial charge < -0.3 is 29.5 Å². The Kier molecular flexibility index (Phi) is 4.18. The molecule has 0 amide bonds. The molecule has 39 heavy (non-hydrogen) atoms. The number of hydrogen-bond acceptors (Lipinski definition) is 11. The van der Waals surface area contributed by atoms with Gasteiger partial charge in [0.05, 0.1) is 11.3 Å². The van der Waals surface area contributed by atoms with Crippen molar-refractivity contribution < 1.29 is 53.5 Å². The molecule has 2 aliphatic heterocycles. The number of fused-ring (bicyclic) bond motifs is 3. The number of carbonyl (C=O) groups excluding carboxylic acids is 5. The number of esters is 3. The zero-order valence-corrected chi connectivity index (χ0v) is 20.8. The van der Waals surface area contributed by atoms with Crippen LogP contribution in [0.25, 0.3) is 5.57 Å². The van der Waals surface area contributed by atoms with Crippen LogP contribution in [0.5, 0.6) is 11.5 Å². The molecule has 7 rings (SSSR count). The third-order valence-electron chi connectivity index (χ3n) is 8.63. The highest BCUT2D eigenvalue weighted by molar-refractivity contribution is 6.25. The van der Waals surface area contributed by atoms with Gasteiger partial charge in [-0.2, -0.15) is 0 Å². The van der Waals surface area contributed by atoms with Crippen molar-refractivity contribution in [2.75, 3.05) is 13.2 Å². The molecule has 0 fully saturated rings. The zero-order valence-electron chi connectivity index (χ0n) is 20.8. The van der Waals surface area contributed by atoms with Gasteiger partial charge in [-0.3, -0.25) is 14.4 Å². The van der Waals surface area contributed by atoms with Gasteiger partial charge in [0.15, 0.2) is 17.2 Å². The van der Waals surface area contributed by atoms with E-state index >= 15 is 0 Å². The van der Waals surface area contributed by atoms with Crippen molar-refractivity contribution in [1.29, 1.82) is 0 Å². The van der Waals surface area contributed by atoms with E-state index in [-0.39, 0.29) is 39.0 Å². The summed E-state index contributed by atoms with van der Waals surface area (Å²) in [6.45, 7) is 3.00. The number of aliphatic hydroxyl groups is 1. The Morgan fingerprint density at radius 2 is 1.46 bits per heavy atom. The number of carbonyl (C=O) groups is 5. The minimum absolute atomic E-state index is 0.00129. The van der Waals surface area contributed by atoms with Crippen molar-refractivity contribution in [2.24, 2.45) is 5.92 Å². The average molecular weight is 532 g/mol. The second kappa shape index (κ2) is 6.92. The van der Waals surface area contributed by atoms with Crippen molar-refractivity contribution in [3.8, 4) is 11.5 Å². The van der Waals surface area contributed by atoms with Crippen LogP contribution >= 0.6 is 0 Å². The fourth-order valence-corrected chi connectivity index (χ4v) is 7.33. The molecule has 2 aromatic rings. The van der Waals surface area contributed by atoms with Gasteiger partial charge in [0.2, 0.25) is 0 Å². The van der Waals surface area contributed by atoms with E-state index in [0.29, 0.717) is 11.1 Å². The van der Waals surface area contributed by atoms with Crippen LogP contribution < -0.4 is 0 Å². The number of phenolic OH excluding ortho intramolecular Hbond substituents is 2. The molecule has 3 aliphatic carbocycles. The summed E-state index contributed by atoms with van der Waals surface area (Å²) in [6.07, 6.45) is -1.37. The maximum Gasteiger partial charge on any atom is 0.342 e. The van der Waals surface area contributed by atoms with Gasteiger partial charge in [0, 0.05) is 23.6 Å². The second-order valence-corrected chi connectivity index (χ2v) is 10.6. The Hall–Kier alpha value is -4.51. The molecule has 2 aromatic carbocycles. The van der Waals surface area contributed by atoms with Crippen LogP contribution in [0.15, 0.2) is 17.7 Å². The molecule has 4 atom stereocenters. The highest BCUT2D eigenvalue weighted by Crippen LogP contribution is 2.65. The van der Waals surface area contributed by atoms with E-state index < -0.39 is 82.8 Å². The molecule has 11 nitrogen and oxygen atoms in total. The van der Waals surface area contributed by atoms with Gasteiger partial charge in [-0.05, 0) is 53.8 Å². The minimum Gasteiger partial charge on any atom is -0.507 e. The molecular formula is C28H20O11. The van der Waals surface area contributed by atoms with Crippen LogP contribution in [0.2, 0.25) is 0 Å². The molecule has 198 valence electrons. The molecule has 11 heteroatoms. The summed E-state index contributed by atoms with van der Waals surface area (Å²) >= 11 is 0. The third kappa shape index (κ3) is 2.41. The molecule has 2 heterocycles. The second-order valence-electron chi connectivity index (χ2n) is 10.6. The lowest BCUT2D eigenvalue weighted by Gasteiger charge is -2.46. The zero-order chi connectivity index (χ0) is 27.9. The van der Waals surface area contributed by atoms with Crippen molar-refractivity contribution in [3.63, 3.8) is 0 Å². The van der Waals surface area contributed by atoms with E-state index in [1.165, 1.54) is 12.1 Å². The predicted molar refractivity (Wildman–Crippen MR) is 127 cm³/mol. The maximum absolute atomic E-state index is 14.4. The van der Waals surface area contributed by atoms with Crippen LogP contribution in [0.1, 0.15) is 65.8 Å². The number of Topliss-reactive ketones (excluding diaryl/α,β-unsaturated/α-hetero) is 2. The Balaban J connectivity index is 1.70. The maximum atomic E-state index is 14.4. The van der Waals surface area contributed by atoms with Gasteiger partial charge in [0.1, 0.15) is 41.9 Å². The molecule has 0 aromatic heterocycles. The van der Waals surface area contributed by atoms with Gasteiger partial charge in [-0.1, -0.05) is 0 Å². The lowest BCUT2D eigenvalue weighted by Crippen LogP contribution is -2.58. The summed E-state index contributed by atoms with van der Waals surface area (Å²) in [5.41, 5.74) is -4.21. The quantitative estimate of drug-likeness (QED) is 0.356. The molecule has 1 spiro atoms. The minimum atomic E-state index is -2.45. The van der Waals surface area contributed by atoms with E-state index in [2.05, 4.69) is 0 Å². The Morgan fingerprint density at radius 1 is 0.897 bits per heavy atom. The lowest BCUT2D eigenvalue weighted by atomic mass is 9.60. The normalized spacial score (nSPS) is 29.3. The van der Waals surface area contributed by atoms with Crippen molar-refractivity contribution in [2.45, 2.75) is 37.9 Å². The fraction of sp³-hybridized carbons (Fsp3) is 0.321. The molecule has 0 saturated heterocycles. The van der Waals surface area contributed by atoms with Gasteiger partial charge in [-0.25, -0.2) is 9.59 Å². The molecule has 4 unspecified atom stereocenters. The summed E-state index contributed by atoms with van der Waals surface area (Å²) in [5, 5.41) is 33.3. The monoisotopic (exact) mass is 532 g/mol. The number of phenols is 2. The van der Waals surface area contributed by atoms with Crippen LogP contribution in [0, 0.1) is 19.8 Å². The van der Waals surface area contributed by atoms with E-state index in [1.807, 2.05) is 0 Å².